The van der Waals surface area contributed by atoms with Gasteiger partial charge in [-0.05, 0) is 99.5 Å². The number of nitrogens with zero attached hydrogens (tertiary/aromatic N) is 1. The quantitative estimate of drug-likeness (QED) is 0.252. The third-order valence-corrected chi connectivity index (χ3v) is 11.4. The molecular weight excluding hydrogens is 498 g/mol. The molecule has 0 aromatic carbocycles. The summed E-state index contributed by atoms with van der Waals surface area (Å²) in [6.45, 7) is 12.8. The third kappa shape index (κ3) is 5.02. The van der Waals surface area contributed by atoms with Crippen LogP contribution in [0.2, 0.25) is 0 Å². The third-order valence-electron chi connectivity index (χ3n) is 11.0. The molecule has 0 amide bonds. The van der Waals surface area contributed by atoms with E-state index in [1.54, 1.807) is 0 Å². The van der Waals surface area contributed by atoms with E-state index in [1.165, 1.54) is 5.57 Å². The van der Waals surface area contributed by atoms with Gasteiger partial charge in [-0.15, -0.1) is 0 Å². The Hall–Kier alpha value is -1.60. The van der Waals surface area contributed by atoms with Crippen LogP contribution in [-0.2, 0) is 23.9 Å². The Kier molecular flexibility index (Phi) is 8.88. The van der Waals surface area contributed by atoms with Crippen molar-refractivity contribution in [2.45, 2.75) is 104 Å². The highest BCUT2D eigenvalue weighted by Crippen LogP contribution is 2.68. The molecule has 0 saturated heterocycles. The Morgan fingerprint density at radius 2 is 1.74 bits per heavy atom. The fraction of sp³-hybridized carbons (Fsp3) is 0.806. The van der Waals surface area contributed by atoms with E-state index in [4.69, 9.17) is 21.7 Å². The number of rotatable bonds is 10. The monoisotopic (exact) mass is 545 g/mol. The van der Waals surface area contributed by atoms with Gasteiger partial charge in [0.2, 0.25) is 5.78 Å². The number of carbonyl (C=O) groups excluding carboxylic acids is 3. The summed E-state index contributed by atoms with van der Waals surface area (Å²) in [4.78, 5) is 40.9. The lowest BCUT2D eigenvalue weighted by atomic mass is 9.46. The first kappa shape index (κ1) is 29.4. The van der Waals surface area contributed by atoms with Crippen molar-refractivity contribution in [1.29, 1.82) is 0 Å². The average Bonchev–Trinajstić information content (AvgIpc) is 3.21. The second kappa shape index (κ2) is 11.5. The Bertz CT molecular complexity index is 989. The molecule has 0 aromatic heterocycles. The van der Waals surface area contributed by atoms with E-state index in [9.17, 15) is 14.4 Å². The zero-order chi connectivity index (χ0) is 27.7. The number of ether oxygens (including phenoxy) is 2. The number of thiocarbonyl (C=S) groups is 1. The van der Waals surface area contributed by atoms with Gasteiger partial charge in [0.15, 0.2) is 23.0 Å². The van der Waals surface area contributed by atoms with E-state index in [1.807, 2.05) is 13.0 Å². The molecule has 3 fully saturated rings. The van der Waals surface area contributed by atoms with Crippen molar-refractivity contribution in [1.82, 2.24) is 4.90 Å². The van der Waals surface area contributed by atoms with E-state index in [-0.39, 0.29) is 41.4 Å². The van der Waals surface area contributed by atoms with Gasteiger partial charge < -0.3 is 14.4 Å². The first-order chi connectivity index (χ1) is 18.0. The lowest BCUT2D eigenvalue weighted by molar-refractivity contribution is -0.167. The summed E-state index contributed by atoms with van der Waals surface area (Å²) in [7, 11) is 0. The topological polar surface area (TPSA) is 72.9 Å². The van der Waals surface area contributed by atoms with Gasteiger partial charge in [0.25, 0.3) is 0 Å². The lowest BCUT2D eigenvalue weighted by Crippen LogP contribution is -2.60. The molecule has 3 saturated carbocycles. The molecule has 212 valence electrons. The minimum atomic E-state index is -1.05. The number of allylic oxidation sites excluding steroid dienone is 1. The van der Waals surface area contributed by atoms with Crippen molar-refractivity contribution in [2.24, 2.45) is 28.6 Å². The number of hydrogen-bond donors (Lipinski definition) is 0. The molecule has 4 rings (SSSR count). The van der Waals surface area contributed by atoms with E-state index >= 15 is 0 Å². The first-order valence-corrected chi connectivity index (χ1v) is 15.3. The molecule has 0 aliphatic heterocycles. The fourth-order valence-electron chi connectivity index (χ4n) is 8.63. The zero-order valence-corrected chi connectivity index (χ0v) is 24.9. The highest BCUT2D eigenvalue weighted by atomic mass is 32.1. The highest BCUT2D eigenvalue weighted by Gasteiger charge is 2.68. The van der Waals surface area contributed by atoms with Crippen LogP contribution in [0.3, 0.4) is 0 Å². The van der Waals surface area contributed by atoms with Crippen LogP contribution in [0.5, 0.6) is 0 Å². The minimum Gasteiger partial charge on any atom is -0.472 e. The van der Waals surface area contributed by atoms with E-state index in [2.05, 4.69) is 32.6 Å². The smallest absolute Gasteiger partial charge is 0.307 e. The second-order valence-corrected chi connectivity index (χ2v) is 12.9. The number of Topliss-reactive ketones (excluding diaryl/α,β-unsaturated/α-hetero) is 1. The normalized spacial score (nSPS) is 36.1. The maximum atomic E-state index is 14.0. The minimum absolute atomic E-state index is 0.0768. The summed E-state index contributed by atoms with van der Waals surface area (Å²) in [6, 6.07) is 0. The van der Waals surface area contributed by atoms with Gasteiger partial charge in [0, 0.05) is 24.8 Å². The number of carbonyl (C=O) groups is 3. The van der Waals surface area contributed by atoms with Gasteiger partial charge >= 0.3 is 5.97 Å². The summed E-state index contributed by atoms with van der Waals surface area (Å²) in [5.41, 5.74) is 0.0149. The average molecular weight is 546 g/mol. The predicted octanol–water partition coefficient (Wildman–Crippen LogP) is 5.86. The molecule has 0 heterocycles. The van der Waals surface area contributed by atoms with Crippen LogP contribution in [0.25, 0.3) is 0 Å². The molecule has 0 aromatic rings. The van der Waals surface area contributed by atoms with Crippen molar-refractivity contribution >= 4 is 34.8 Å². The second-order valence-electron chi connectivity index (χ2n) is 12.5. The van der Waals surface area contributed by atoms with Crippen molar-refractivity contribution in [3.63, 3.8) is 0 Å². The van der Waals surface area contributed by atoms with Gasteiger partial charge in [-0.1, -0.05) is 40.2 Å². The number of esters is 1. The van der Waals surface area contributed by atoms with Crippen LogP contribution in [-0.4, -0.2) is 59.3 Å². The number of fused-ring (bicyclic) bond motifs is 5. The summed E-state index contributed by atoms with van der Waals surface area (Å²) >= 11 is 5.55. The lowest BCUT2D eigenvalue weighted by Gasteiger charge is -2.59. The Morgan fingerprint density at radius 1 is 1.03 bits per heavy atom. The van der Waals surface area contributed by atoms with Crippen molar-refractivity contribution in [2.75, 3.05) is 26.2 Å². The largest absolute Gasteiger partial charge is 0.472 e. The Balaban J connectivity index is 1.54. The van der Waals surface area contributed by atoms with E-state index in [0.29, 0.717) is 48.6 Å². The molecule has 0 spiro atoms. The maximum Gasteiger partial charge on any atom is 0.307 e. The Morgan fingerprint density at radius 3 is 2.42 bits per heavy atom. The predicted molar refractivity (Wildman–Crippen MR) is 152 cm³/mol. The van der Waals surface area contributed by atoms with E-state index < -0.39 is 5.60 Å². The summed E-state index contributed by atoms with van der Waals surface area (Å²) < 4.78 is 12.0. The van der Waals surface area contributed by atoms with Crippen molar-refractivity contribution < 1.29 is 23.9 Å². The molecule has 6 atom stereocenters. The molecule has 38 heavy (non-hydrogen) atoms. The molecular formula is C31H47NO5S. The van der Waals surface area contributed by atoms with Crippen LogP contribution in [0.4, 0.5) is 0 Å². The molecule has 0 radical (unpaired) electrons. The Labute approximate surface area is 234 Å². The zero-order valence-electron chi connectivity index (χ0n) is 24.1. The van der Waals surface area contributed by atoms with Gasteiger partial charge in [-0.2, -0.15) is 0 Å². The van der Waals surface area contributed by atoms with Gasteiger partial charge in [0.1, 0.15) is 0 Å². The summed E-state index contributed by atoms with van der Waals surface area (Å²) in [5.74, 6) is 1.16. The summed E-state index contributed by atoms with van der Waals surface area (Å²) in [6.07, 6.45) is 9.81. The standard InChI is InChI=1S/C31H47NO5S/c1-6-28(38)37-31(26(34)20-36-27(35)14-18-32(7-2)8-3)17-13-25-23-10-9-21-19-22(33)11-15-29(21,4)24(23)12-16-30(25,31)5/h19,23-25H,6-18,20H2,1-5H3/t23-,24+,25+,29+,30+,31+/m1/s1. The number of ketones is 2. The van der Waals surface area contributed by atoms with Gasteiger partial charge in [0.05, 0.1) is 6.42 Å². The van der Waals surface area contributed by atoms with Gasteiger partial charge in [-0.25, -0.2) is 0 Å². The fourth-order valence-corrected chi connectivity index (χ4v) is 8.77. The number of hydrogen-bond acceptors (Lipinski definition) is 7. The van der Waals surface area contributed by atoms with Crippen molar-refractivity contribution in [3.8, 4) is 0 Å². The van der Waals surface area contributed by atoms with Crippen LogP contribution in [0, 0.1) is 28.6 Å². The van der Waals surface area contributed by atoms with Crippen LogP contribution in [0.15, 0.2) is 11.6 Å². The molecule has 4 aliphatic carbocycles. The molecule has 0 unspecified atom stereocenters. The van der Waals surface area contributed by atoms with Gasteiger partial charge in [-0.3, -0.25) is 14.4 Å². The first-order valence-electron chi connectivity index (χ1n) is 14.9. The highest BCUT2D eigenvalue weighted by molar-refractivity contribution is 7.80. The summed E-state index contributed by atoms with van der Waals surface area (Å²) in [5, 5.41) is 0.460. The van der Waals surface area contributed by atoms with Crippen LogP contribution >= 0.6 is 12.2 Å². The molecule has 6 nitrogen and oxygen atoms in total. The van der Waals surface area contributed by atoms with Crippen LogP contribution in [0.1, 0.15) is 98.8 Å². The van der Waals surface area contributed by atoms with Crippen molar-refractivity contribution in [3.05, 3.63) is 11.6 Å². The van der Waals surface area contributed by atoms with Crippen LogP contribution < -0.4 is 0 Å². The molecule has 0 bridgehead atoms. The molecule has 4 aliphatic rings. The maximum absolute atomic E-state index is 14.0. The molecule has 0 N–H and O–H groups in total. The SMILES string of the molecule is CCC(=S)O[C@]1(C(=O)COC(=O)CCN(CC)CC)CC[C@H]2[C@@H]3CCC4=CC(=O)CC[C@]4(C)[C@H]3CC[C@@]21C. The van der Waals surface area contributed by atoms with E-state index in [0.717, 1.165) is 51.6 Å². The molecule has 7 heteroatoms.